The average molecular weight is 360 g/mol. The van der Waals surface area contributed by atoms with Crippen LogP contribution in [0.3, 0.4) is 0 Å². The molecule has 1 fully saturated rings. The molecule has 1 aliphatic heterocycles. The lowest BCUT2D eigenvalue weighted by atomic mass is 9.92. The van der Waals surface area contributed by atoms with Gasteiger partial charge in [0, 0.05) is 5.56 Å². The van der Waals surface area contributed by atoms with Gasteiger partial charge in [-0.25, -0.2) is 4.39 Å². The van der Waals surface area contributed by atoms with Crippen LogP contribution in [-0.2, 0) is 4.74 Å². The van der Waals surface area contributed by atoms with E-state index < -0.39 is 11.6 Å². The fraction of sp³-hybridized carbons (Fsp3) is 0.455. The molecular weight excluding hydrogens is 334 g/mol. The highest BCUT2D eigenvalue weighted by atomic mass is 19.2. The van der Waals surface area contributed by atoms with Gasteiger partial charge in [-0.05, 0) is 48.4 Å². The van der Waals surface area contributed by atoms with E-state index in [1.807, 2.05) is 31.2 Å². The van der Waals surface area contributed by atoms with Crippen LogP contribution in [0.15, 0.2) is 36.4 Å². The fourth-order valence-corrected chi connectivity index (χ4v) is 3.35. The molecule has 0 radical (unpaired) electrons. The number of ether oxygens (including phenoxy) is 2. The minimum Gasteiger partial charge on any atom is -0.490 e. The molecular formula is C22H26F2O2. The third kappa shape index (κ3) is 4.07. The maximum atomic E-state index is 14.4. The van der Waals surface area contributed by atoms with E-state index in [-0.39, 0.29) is 17.4 Å². The molecule has 0 amide bonds. The number of rotatable bonds is 6. The quantitative estimate of drug-likeness (QED) is 0.602. The molecule has 2 unspecified atom stereocenters. The number of halogens is 2. The molecule has 3 rings (SSSR count). The van der Waals surface area contributed by atoms with Crippen molar-refractivity contribution in [3.8, 4) is 16.9 Å². The van der Waals surface area contributed by atoms with Crippen LogP contribution in [0.2, 0.25) is 0 Å². The highest BCUT2D eigenvalue weighted by molar-refractivity contribution is 5.65. The summed E-state index contributed by atoms with van der Waals surface area (Å²) in [5.41, 5.74) is 1.98. The van der Waals surface area contributed by atoms with Gasteiger partial charge in [0.15, 0.2) is 11.6 Å². The molecule has 1 heterocycles. The molecule has 0 saturated carbocycles. The molecule has 0 N–H and O–H groups in total. The normalized spacial score (nSPS) is 20.2. The van der Waals surface area contributed by atoms with Crippen molar-refractivity contribution in [2.75, 3.05) is 13.2 Å². The number of hydrogen-bond acceptors (Lipinski definition) is 2. The van der Waals surface area contributed by atoms with Crippen molar-refractivity contribution in [3.05, 3.63) is 53.6 Å². The van der Waals surface area contributed by atoms with E-state index in [0.29, 0.717) is 18.1 Å². The molecule has 2 atom stereocenters. The van der Waals surface area contributed by atoms with Gasteiger partial charge in [-0.2, -0.15) is 4.39 Å². The smallest absolute Gasteiger partial charge is 0.201 e. The van der Waals surface area contributed by atoms with E-state index >= 15 is 0 Å². The summed E-state index contributed by atoms with van der Waals surface area (Å²) in [6.45, 7) is 5.27. The van der Waals surface area contributed by atoms with Crippen LogP contribution in [0.25, 0.3) is 11.1 Å². The second-order valence-corrected chi connectivity index (χ2v) is 6.88. The molecule has 0 bridgehead atoms. The Balaban J connectivity index is 1.75. The largest absolute Gasteiger partial charge is 0.490 e. The zero-order chi connectivity index (χ0) is 18.5. The summed E-state index contributed by atoms with van der Waals surface area (Å²) in [5.74, 6) is -1.19. The Kier molecular flexibility index (Phi) is 6.25. The highest BCUT2D eigenvalue weighted by Crippen LogP contribution is 2.34. The van der Waals surface area contributed by atoms with E-state index in [1.165, 1.54) is 12.5 Å². The SMILES string of the molecule is CCCOc1ccc(-c2ccc(C3CCC(CC)CO3)cc2)c(F)c1F. The summed E-state index contributed by atoms with van der Waals surface area (Å²) < 4.78 is 39.8. The first-order valence-electron chi connectivity index (χ1n) is 9.46. The Hall–Kier alpha value is -1.94. The van der Waals surface area contributed by atoms with E-state index in [1.54, 1.807) is 6.07 Å². The molecule has 0 aliphatic carbocycles. The number of hydrogen-bond donors (Lipinski definition) is 0. The van der Waals surface area contributed by atoms with Gasteiger partial charge < -0.3 is 9.47 Å². The Morgan fingerprint density at radius 1 is 1.00 bits per heavy atom. The molecule has 1 saturated heterocycles. The highest BCUT2D eigenvalue weighted by Gasteiger charge is 2.22. The average Bonchev–Trinajstić information content (AvgIpc) is 2.69. The van der Waals surface area contributed by atoms with Crippen LogP contribution in [-0.4, -0.2) is 13.2 Å². The van der Waals surface area contributed by atoms with Gasteiger partial charge in [-0.3, -0.25) is 0 Å². The van der Waals surface area contributed by atoms with E-state index in [4.69, 9.17) is 9.47 Å². The number of benzene rings is 2. The first-order chi connectivity index (χ1) is 12.6. The van der Waals surface area contributed by atoms with Gasteiger partial charge in [0.05, 0.1) is 19.3 Å². The molecule has 2 aromatic rings. The minimum absolute atomic E-state index is 0.0363. The van der Waals surface area contributed by atoms with Crippen molar-refractivity contribution < 1.29 is 18.3 Å². The topological polar surface area (TPSA) is 18.5 Å². The first kappa shape index (κ1) is 18.8. The lowest BCUT2D eigenvalue weighted by molar-refractivity contribution is -0.0180. The Labute approximate surface area is 154 Å². The van der Waals surface area contributed by atoms with Crippen LogP contribution >= 0.6 is 0 Å². The molecule has 26 heavy (non-hydrogen) atoms. The van der Waals surface area contributed by atoms with Crippen molar-refractivity contribution in [1.82, 2.24) is 0 Å². The Morgan fingerprint density at radius 3 is 2.38 bits per heavy atom. The molecule has 0 aromatic heterocycles. The van der Waals surface area contributed by atoms with Crippen LogP contribution in [0.5, 0.6) is 5.75 Å². The van der Waals surface area contributed by atoms with Gasteiger partial charge in [0.1, 0.15) is 0 Å². The van der Waals surface area contributed by atoms with E-state index in [2.05, 4.69) is 6.92 Å². The predicted octanol–water partition coefficient (Wildman–Crippen LogP) is 6.30. The van der Waals surface area contributed by atoms with Crippen LogP contribution in [0.1, 0.15) is 51.2 Å². The van der Waals surface area contributed by atoms with Gasteiger partial charge in [0.25, 0.3) is 0 Å². The van der Waals surface area contributed by atoms with Crippen molar-refractivity contribution in [2.45, 2.75) is 45.6 Å². The second kappa shape index (κ2) is 8.63. The van der Waals surface area contributed by atoms with E-state index in [9.17, 15) is 8.78 Å². The van der Waals surface area contributed by atoms with Crippen LogP contribution in [0, 0.1) is 17.6 Å². The maximum absolute atomic E-state index is 14.4. The fourth-order valence-electron chi connectivity index (χ4n) is 3.35. The molecule has 2 nitrogen and oxygen atoms in total. The predicted molar refractivity (Wildman–Crippen MR) is 99.3 cm³/mol. The first-order valence-corrected chi connectivity index (χ1v) is 9.46. The zero-order valence-electron chi connectivity index (χ0n) is 15.4. The third-order valence-corrected chi connectivity index (χ3v) is 5.05. The van der Waals surface area contributed by atoms with Gasteiger partial charge in [-0.15, -0.1) is 0 Å². The molecule has 4 heteroatoms. The van der Waals surface area contributed by atoms with Crippen LogP contribution < -0.4 is 4.74 Å². The van der Waals surface area contributed by atoms with Gasteiger partial charge in [-0.1, -0.05) is 44.5 Å². The van der Waals surface area contributed by atoms with Crippen molar-refractivity contribution in [1.29, 1.82) is 0 Å². The molecule has 140 valence electrons. The lowest BCUT2D eigenvalue weighted by Gasteiger charge is -2.28. The van der Waals surface area contributed by atoms with Crippen molar-refractivity contribution >= 4 is 0 Å². The minimum atomic E-state index is -0.929. The third-order valence-electron chi connectivity index (χ3n) is 5.05. The summed E-state index contributed by atoms with van der Waals surface area (Å²) >= 11 is 0. The summed E-state index contributed by atoms with van der Waals surface area (Å²) in [5, 5.41) is 0. The summed E-state index contributed by atoms with van der Waals surface area (Å²) in [6, 6.07) is 10.6. The Bertz CT molecular complexity index is 720. The molecule has 1 aliphatic rings. The summed E-state index contributed by atoms with van der Waals surface area (Å²) in [7, 11) is 0. The second-order valence-electron chi connectivity index (χ2n) is 6.88. The van der Waals surface area contributed by atoms with Gasteiger partial charge >= 0.3 is 0 Å². The van der Waals surface area contributed by atoms with Crippen LogP contribution in [0.4, 0.5) is 8.78 Å². The summed E-state index contributed by atoms with van der Waals surface area (Å²) in [6.07, 6.45) is 4.16. The molecule has 0 spiro atoms. The summed E-state index contributed by atoms with van der Waals surface area (Å²) in [4.78, 5) is 0. The Morgan fingerprint density at radius 2 is 1.77 bits per heavy atom. The van der Waals surface area contributed by atoms with Crippen molar-refractivity contribution in [3.63, 3.8) is 0 Å². The van der Waals surface area contributed by atoms with Gasteiger partial charge in [0.2, 0.25) is 5.82 Å². The monoisotopic (exact) mass is 360 g/mol. The zero-order valence-corrected chi connectivity index (χ0v) is 15.4. The maximum Gasteiger partial charge on any atom is 0.201 e. The van der Waals surface area contributed by atoms with Crippen molar-refractivity contribution in [2.24, 2.45) is 5.92 Å². The van der Waals surface area contributed by atoms with E-state index in [0.717, 1.165) is 31.4 Å². The lowest BCUT2D eigenvalue weighted by Crippen LogP contribution is -2.20. The standard InChI is InChI=1S/C22H26F2O2/c1-3-13-25-20-12-10-18(21(23)22(20)24)16-6-8-17(9-7-16)19-11-5-15(4-2)14-26-19/h6-10,12,15,19H,3-5,11,13-14H2,1-2H3. The molecule has 2 aromatic carbocycles.